The highest BCUT2D eigenvalue weighted by molar-refractivity contribution is 7.13. The molecule has 3 rings (SSSR count). The smallest absolute Gasteiger partial charge is 0.209 e. The third-order valence-corrected chi connectivity index (χ3v) is 5.18. The van der Waals surface area contributed by atoms with Crippen molar-refractivity contribution in [3.63, 3.8) is 0 Å². The minimum Gasteiger partial charge on any atom is -0.507 e. The highest BCUT2D eigenvalue weighted by atomic mass is 32.1. The monoisotopic (exact) mass is 420 g/mol. The fourth-order valence-electron chi connectivity index (χ4n) is 2.87. The van der Waals surface area contributed by atoms with E-state index in [1.807, 2.05) is 32.2 Å². The lowest BCUT2D eigenvalue weighted by Crippen LogP contribution is -2.12. The van der Waals surface area contributed by atoms with Crippen LogP contribution in [0.25, 0.3) is 6.08 Å². The summed E-state index contributed by atoms with van der Waals surface area (Å²) >= 11 is 1.42. The van der Waals surface area contributed by atoms with Crippen LogP contribution >= 0.6 is 11.3 Å². The van der Waals surface area contributed by atoms with Crippen LogP contribution in [0.15, 0.2) is 59.0 Å². The number of hydrogen-bond acceptors (Lipinski definition) is 6. The topological polar surface area (TPSA) is 71.8 Å². The van der Waals surface area contributed by atoms with Gasteiger partial charge < -0.3 is 9.84 Å². The molecular formula is C24H24N2O3S. The van der Waals surface area contributed by atoms with Crippen molar-refractivity contribution in [3.8, 4) is 11.5 Å². The minimum atomic E-state index is -0.280. The van der Waals surface area contributed by atoms with Crippen LogP contribution in [0.4, 0.5) is 5.13 Å². The van der Waals surface area contributed by atoms with Gasteiger partial charge in [0, 0.05) is 34.5 Å². The lowest BCUT2D eigenvalue weighted by Gasteiger charge is -2.22. The number of rotatable bonds is 6. The Morgan fingerprint density at radius 2 is 1.93 bits per heavy atom. The summed E-state index contributed by atoms with van der Waals surface area (Å²) in [6.07, 6.45) is 6.57. The van der Waals surface area contributed by atoms with Gasteiger partial charge in [-0.3, -0.25) is 4.79 Å². The zero-order chi connectivity index (χ0) is 21.7. The molecule has 1 heterocycles. The summed E-state index contributed by atoms with van der Waals surface area (Å²) < 4.78 is 5.13. The van der Waals surface area contributed by atoms with Crippen molar-refractivity contribution in [2.75, 3.05) is 7.11 Å². The number of ketones is 1. The first kappa shape index (κ1) is 21.5. The molecule has 0 bridgehead atoms. The van der Waals surface area contributed by atoms with Gasteiger partial charge in [-0.2, -0.15) is 0 Å². The molecule has 0 aliphatic heterocycles. The van der Waals surface area contributed by atoms with E-state index in [9.17, 15) is 9.90 Å². The minimum absolute atomic E-state index is 0.110. The van der Waals surface area contributed by atoms with Gasteiger partial charge in [0.15, 0.2) is 5.78 Å². The molecule has 0 spiro atoms. The van der Waals surface area contributed by atoms with E-state index in [0.717, 1.165) is 11.1 Å². The summed E-state index contributed by atoms with van der Waals surface area (Å²) in [4.78, 5) is 21.0. The summed E-state index contributed by atoms with van der Waals surface area (Å²) in [5.41, 5.74) is 2.46. The van der Waals surface area contributed by atoms with Gasteiger partial charge in [0.05, 0.1) is 7.11 Å². The highest BCUT2D eigenvalue weighted by Crippen LogP contribution is 2.34. The first-order chi connectivity index (χ1) is 14.3. The number of aromatic nitrogens is 1. The molecule has 0 saturated carbocycles. The lowest BCUT2D eigenvalue weighted by atomic mass is 9.84. The molecule has 0 unspecified atom stereocenters. The molecule has 0 saturated heterocycles. The maximum absolute atomic E-state index is 12.5. The van der Waals surface area contributed by atoms with E-state index in [0.29, 0.717) is 22.0 Å². The number of thiazole rings is 1. The fourth-order valence-corrected chi connectivity index (χ4v) is 3.35. The number of carbonyl (C=O) groups is 1. The van der Waals surface area contributed by atoms with Crippen LogP contribution in [-0.4, -0.2) is 29.2 Å². The van der Waals surface area contributed by atoms with Gasteiger partial charge in [0.1, 0.15) is 11.5 Å². The molecule has 154 valence electrons. The van der Waals surface area contributed by atoms with Crippen LogP contribution in [0.3, 0.4) is 0 Å². The molecule has 0 amide bonds. The first-order valence-electron chi connectivity index (χ1n) is 9.45. The summed E-state index contributed by atoms with van der Waals surface area (Å²) in [6.45, 7) is 6.08. The first-order valence-corrected chi connectivity index (χ1v) is 10.3. The number of carbonyl (C=O) groups excluding carboxylic acids is 1. The van der Waals surface area contributed by atoms with E-state index in [1.165, 1.54) is 17.4 Å². The third kappa shape index (κ3) is 5.21. The molecule has 1 aromatic heterocycles. The molecular weight excluding hydrogens is 396 g/mol. The summed E-state index contributed by atoms with van der Waals surface area (Å²) in [5, 5.41) is 13.2. The van der Waals surface area contributed by atoms with Crippen LogP contribution in [0.1, 0.15) is 47.8 Å². The van der Waals surface area contributed by atoms with Gasteiger partial charge in [0.25, 0.3) is 0 Å². The molecule has 1 N–H and O–H groups in total. The van der Waals surface area contributed by atoms with Crippen molar-refractivity contribution in [3.05, 3.63) is 76.3 Å². The number of nitrogens with zero attached hydrogens (tertiary/aromatic N) is 2. The van der Waals surface area contributed by atoms with E-state index >= 15 is 0 Å². The fraction of sp³-hybridized carbons (Fsp3) is 0.208. The molecule has 6 heteroatoms. The van der Waals surface area contributed by atoms with Crippen molar-refractivity contribution < 1.29 is 14.6 Å². The number of methoxy groups -OCH3 is 1. The summed E-state index contributed by atoms with van der Waals surface area (Å²) in [7, 11) is 1.59. The average molecular weight is 421 g/mol. The molecule has 0 radical (unpaired) electrons. The quantitative estimate of drug-likeness (QED) is 0.311. The molecule has 2 aromatic carbocycles. The second-order valence-corrected chi connectivity index (χ2v) is 8.63. The standard InChI is InChI=1S/C24H24N2O3S/c1-24(2,3)20-14-16(5-10-21(27)17-6-8-19(29-4)9-7-17)13-18(22(20)28)15-26-23-25-11-12-30-23/h5-15,28H,1-4H3/b10-5+,26-15+. The van der Waals surface area contributed by atoms with Crippen molar-refractivity contribution in [2.45, 2.75) is 26.2 Å². The summed E-state index contributed by atoms with van der Waals surface area (Å²) in [6, 6.07) is 10.7. The van der Waals surface area contributed by atoms with Gasteiger partial charge >= 0.3 is 0 Å². The molecule has 30 heavy (non-hydrogen) atoms. The molecule has 0 fully saturated rings. The maximum atomic E-state index is 12.5. The zero-order valence-electron chi connectivity index (χ0n) is 17.4. The van der Waals surface area contributed by atoms with E-state index in [-0.39, 0.29) is 16.9 Å². The number of phenolic OH excluding ortho intramolecular Hbond substituents is 1. The molecule has 5 nitrogen and oxygen atoms in total. The van der Waals surface area contributed by atoms with Crippen LogP contribution in [-0.2, 0) is 5.41 Å². The number of aliphatic imine (C=N–C) groups is 1. The SMILES string of the molecule is COc1ccc(C(=O)/C=C/c2cc(/C=N/c3nccs3)c(O)c(C(C)(C)C)c2)cc1. The summed E-state index contributed by atoms with van der Waals surface area (Å²) in [5.74, 6) is 0.774. The lowest BCUT2D eigenvalue weighted by molar-refractivity contribution is 0.104. The molecule has 0 aliphatic rings. The average Bonchev–Trinajstić information content (AvgIpc) is 3.24. The van der Waals surface area contributed by atoms with Crippen LogP contribution in [0.2, 0.25) is 0 Å². The van der Waals surface area contributed by atoms with E-state index in [2.05, 4.69) is 9.98 Å². The molecule has 0 atom stereocenters. The third-order valence-electron chi connectivity index (χ3n) is 4.50. The van der Waals surface area contributed by atoms with Crippen LogP contribution < -0.4 is 4.74 Å². The van der Waals surface area contributed by atoms with Crippen LogP contribution in [0.5, 0.6) is 11.5 Å². The predicted octanol–water partition coefficient (Wildman–Crippen LogP) is 5.80. The van der Waals surface area contributed by atoms with Crippen molar-refractivity contribution >= 4 is 34.5 Å². The van der Waals surface area contributed by atoms with E-state index in [1.54, 1.807) is 55.9 Å². The Hall–Kier alpha value is -3.25. The van der Waals surface area contributed by atoms with Crippen LogP contribution in [0, 0.1) is 0 Å². The maximum Gasteiger partial charge on any atom is 0.209 e. The predicted molar refractivity (Wildman–Crippen MR) is 123 cm³/mol. The Bertz CT molecular complexity index is 1080. The van der Waals surface area contributed by atoms with Gasteiger partial charge in [-0.25, -0.2) is 9.98 Å². The molecule has 3 aromatic rings. The van der Waals surface area contributed by atoms with Gasteiger partial charge in [-0.05, 0) is 53.5 Å². The molecule has 0 aliphatic carbocycles. The van der Waals surface area contributed by atoms with Gasteiger partial charge in [-0.15, -0.1) is 11.3 Å². The van der Waals surface area contributed by atoms with E-state index in [4.69, 9.17) is 4.74 Å². The second-order valence-electron chi connectivity index (χ2n) is 7.76. The Kier molecular flexibility index (Phi) is 6.47. The second kappa shape index (κ2) is 9.05. The number of benzene rings is 2. The highest BCUT2D eigenvalue weighted by Gasteiger charge is 2.20. The number of aromatic hydroxyl groups is 1. The number of ether oxygens (including phenoxy) is 1. The number of phenols is 1. The van der Waals surface area contributed by atoms with Crippen molar-refractivity contribution in [1.82, 2.24) is 4.98 Å². The van der Waals surface area contributed by atoms with Gasteiger partial charge in [-0.1, -0.05) is 26.8 Å². The van der Waals surface area contributed by atoms with Crippen molar-refractivity contribution in [1.29, 1.82) is 0 Å². The Labute approximate surface area is 180 Å². The Morgan fingerprint density at radius 1 is 1.20 bits per heavy atom. The van der Waals surface area contributed by atoms with Gasteiger partial charge in [0.2, 0.25) is 5.13 Å². The zero-order valence-corrected chi connectivity index (χ0v) is 18.2. The van der Waals surface area contributed by atoms with Crippen molar-refractivity contribution in [2.24, 2.45) is 4.99 Å². The Morgan fingerprint density at radius 3 is 2.53 bits per heavy atom. The number of hydrogen-bond donors (Lipinski definition) is 1. The largest absolute Gasteiger partial charge is 0.507 e. The number of allylic oxidation sites excluding steroid dienone is 1. The normalized spacial score (nSPS) is 12.0. The van der Waals surface area contributed by atoms with E-state index < -0.39 is 0 Å². The Balaban J connectivity index is 1.93.